The number of fused-ring (bicyclic) bond motifs is 2. The van der Waals surface area contributed by atoms with Gasteiger partial charge in [0.1, 0.15) is 0 Å². The van der Waals surface area contributed by atoms with Crippen molar-refractivity contribution < 1.29 is 9.59 Å². The van der Waals surface area contributed by atoms with E-state index in [1.807, 2.05) is 121 Å². The lowest BCUT2D eigenvalue weighted by molar-refractivity contribution is 0.102. The van der Waals surface area contributed by atoms with Crippen LogP contribution >= 0.6 is 0 Å². The molecule has 0 aliphatic carbocycles. The van der Waals surface area contributed by atoms with Crippen LogP contribution in [0.4, 0.5) is 11.4 Å². The molecular formula is C33H23N3O2. The molecule has 6 aromatic rings. The van der Waals surface area contributed by atoms with Gasteiger partial charge in [0, 0.05) is 22.4 Å². The molecule has 0 unspecified atom stereocenters. The topological polar surface area (TPSA) is 71.1 Å². The van der Waals surface area contributed by atoms with Gasteiger partial charge in [-0.15, -0.1) is 0 Å². The van der Waals surface area contributed by atoms with Crippen LogP contribution in [0, 0.1) is 0 Å². The molecule has 38 heavy (non-hydrogen) atoms. The number of benzene rings is 5. The summed E-state index contributed by atoms with van der Waals surface area (Å²) in [6, 6.07) is 38.3. The van der Waals surface area contributed by atoms with E-state index in [4.69, 9.17) is 0 Å². The molecule has 0 bridgehead atoms. The second-order valence-corrected chi connectivity index (χ2v) is 8.97. The molecule has 0 saturated carbocycles. The van der Waals surface area contributed by atoms with Crippen molar-refractivity contribution in [2.24, 2.45) is 0 Å². The lowest BCUT2D eigenvalue weighted by Crippen LogP contribution is -2.12. The zero-order chi connectivity index (χ0) is 25.9. The van der Waals surface area contributed by atoms with E-state index in [1.54, 1.807) is 6.20 Å². The van der Waals surface area contributed by atoms with Crippen molar-refractivity contribution in [2.45, 2.75) is 0 Å². The summed E-state index contributed by atoms with van der Waals surface area (Å²) >= 11 is 0. The number of anilines is 2. The average Bonchev–Trinajstić information content (AvgIpc) is 2.97. The maximum absolute atomic E-state index is 12.9. The Morgan fingerprint density at radius 3 is 1.55 bits per heavy atom. The Balaban J connectivity index is 1.14. The first-order valence-corrected chi connectivity index (χ1v) is 12.3. The minimum Gasteiger partial charge on any atom is -0.322 e. The van der Waals surface area contributed by atoms with Gasteiger partial charge in [0.25, 0.3) is 11.8 Å². The zero-order valence-corrected chi connectivity index (χ0v) is 20.4. The largest absolute Gasteiger partial charge is 0.322 e. The molecule has 1 aromatic heterocycles. The maximum Gasteiger partial charge on any atom is 0.256 e. The highest BCUT2D eigenvalue weighted by molar-refractivity contribution is 6.13. The van der Waals surface area contributed by atoms with Crippen LogP contribution in [0.2, 0.25) is 0 Å². The SMILES string of the molecule is O=C(Nc1ccc(-c2ccc(NC(=O)c3cccc4ccccc34)cn2)cc1)c1cccc2ccccc12. The van der Waals surface area contributed by atoms with Crippen LogP contribution in [0.1, 0.15) is 20.7 Å². The molecule has 5 heteroatoms. The van der Waals surface area contributed by atoms with Crippen molar-refractivity contribution in [3.8, 4) is 11.3 Å². The van der Waals surface area contributed by atoms with E-state index in [9.17, 15) is 9.59 Å². The number of aromatic nitrogens is 1. The number of nitrogens with one attached hydrogen (secondary N) is 2. The molecule has 2 amide bonds. The van der Waals surface area contributed by atoms with E-state index in [1.165, 1.54) is 0 Å². The van der Waals surface area contributed by atoms with Crippen molar-refractivity contribution in [3.05, 3.63) is 139 Å². The number of nitrogens with zero attached hydrogens (tertiary/aromatic N) is 1. The minimum atomic E-state index is -0.178. The van der Waals surface area contributed by atoms with Gasteiger partial charge in [-0.05, 0) is 57.9 Å². The standard InChI is InChI=1S/C33H23N3O2/c37-32(29-13-5-9-22-7-1-3-11-27(22)29)35-25-17-15-24(16-18-25)31-20-19-26(21-34-31)36-33(38)30-14-6-10-23-8-2-4-12-28(23)30/h1-21H,(H,35,37)(H,36,38). The van der Waals surface area contributed by atoms with Crippen molar-refractivity contribution in [1.82, 2.24) is 4.98 Å². The number of hydrogen-bond acceptors (Lipinski definition) is 3. The first-order chi connectivity index (χ1) is 18.7. The van der Waals surface area contributed by atoms with Gasteiger partial charge < -0.3 is 10.6 Å². The molecule has 0 atom stereocenters. The van der Waals surface area contributed by atoms with Crippen LogP contribution < -0.4 is 10.6 Å². The molecule has 0 saturated heterocycles. The highest BCUT2D eigenvalue weighted by atomic mass is 16.2. The van der Waals surface area contributed by atoms with Crippen LogP contribution in [-0.4, -0.2) is 16.8 Å². The summed E-state index contributed by atoms with van der Waals surface area (Å²) in [6.45, 7) is 0. The van der Waals surface area contributed by atoms with Gasteiger partial charge in [-0.1, -0.05) is 84.9 Å². The lowest BCUT2D eigenvalue weighted by atomic mass is 10.0. The predicted octanol–water partition coefficient (Wildman–Crippen LogP) is 7.56. The summed E-state index contributed by atoms with van der Waals surface area (Å²) in [4.78, 5) is 30.4. The van der Waals surface area contributed by atoms with E-state index in [0.717, 1.165) is 32.8 Å². The number of hydrogen-bond donors (Lipinski definition) is 2. The van der Waals surface area contributed by atoms with Gasteiger partial charge in [-0.25, -0.2) is 0 Å². The fourth-order valence-corrected chi connectivity index (χ4v) is 4.61. The zero-order valence-electron chi connectivity index (χ0n) is 20.4. The molecule has 0 spiro atoms. The first kappa shape index (κ1) is 23.1. The molecule has 0 aliphatic rings. The number of pyridine rings is 1. The van der Waals surface area contributed by atoms with Crippen LogP contribution in [-0.2, 0) is 0 Å². The molecule has 5 aromatic carbocycles. The van der Waals surface area contributed by atoms with E-state index in [2.05, 4.69) is 15.6 Å². The average molecular weight is 494 g/mol. The smallest absolute Gasteiger partial charge is 0.256 e. The third-order valence-electron chi connectivity index (χ3n) is 6.53. The Morgan fingerprint density at radius 2 is 1.00 bits per heavy atom. The van der Waals surface area contributed by atoms with Crippen molar-refractivity contribution in [2.75, 3.05) is 10.6 Å². The van der Waals surface area contributed by atoms with Crippen molar-refractivity contribution >= 4 is 44.7 Å². The maximum atomic E-state index is 12.9. The van der Waals surface area contributed by atoms with E-state index in [0.29, 0.717) is 22.5 Å². The predicted molar refractivity (Wildman–Crippen MR) is 153 cm³/mol. The second kappa shape index (κ2) is 9.99. The molecule has 0 fully saturated rings. The lowest BCUT2D eigenvalue weighted by Gasteiger charge is -2.10. The fourth-order valence-electron chi connectivity index (χ4n) is 4.61. The summed E-state index contributed by atoms with van der Waals surface area (Å²) in [5.41, 5.74) is 4.24. The fraction of sp³-hybridized carbons (Fsp3) is 0. The minimum absolute atomic E-state index is 0.154. The Hall–Kier alpha value is -5.29. The quantitative estimate of drug-likeness (QED) is 0.260. The van der Waals surface area contributed by atoms with Crippen molar-refractivity contribution in [1.29, 1.82) is 0 Å². The van der Waals surface area contributed by atoms with E-state index < -0.39 is 0 Å². The molecule has 1 heterocycles. The Kier molecular flexibility index (Phi) is 6.08. The molecule has 0 radical (unpaired) electrons. The van der Waals surface area contributed by atoms with E-state index in [-0.39, 0.29) is 11.8 Å². The Labute approximate surface area is 219 Å². The highest BCUT2D eigenvalue weighted by Gasteiger charge is 2.12. The number of amides is 2. The summed E-state index contributed by atoms with van der Waals surface area (Å²) < 4.78 is 0. The van der Waals surface area contributed by atoms with Gasteiger partial charge in [-0.3, -0.25) is 14.6 Å². The monoisotopic (exact) mass is 493 g/mol. The summed E-state index contributed by atoms with van der Waals surface area (Å²) in [6.07, 6.45) is 1.65. The summed E-state index contributed by atoms with van der Waals surface area (Å²) in [5, 5.41) is 9.79. The third kappa shape index (κ3) is 4.61. The summed E-state index contributed by atoms with van der Waals surface area (Å²) in [5.74, 6) is -0.332. The first-order valence-electron chi connectivity index (χ1n) is 12.3. The van der Waals surface area contributed by atoms with Gasteiger partial charge in [0.15, 0.2) is 0 Å². The Bertz CT molecular complexity index is 1650. The van der Waals surface area contributed by atoms with Gasteiger partial charge in [0.2, 0.25) is 0 Å². The highest BCUT2D eigenvalue weighted by Crippen LogP contribution is 2.24. The molecule has 5 nitrogen and oxygen atoms in total. The van der Waals surface area contributed by atoms with Gasteiger partial charge in [0.05, 0.1) is 17.6 Å². The molecule has 182 valence electrons. The number of rotatable bonds is 5. The Morgan fingerprint density at radius 1 is 0.500 bits per heavy atom. The van der Waals surface area contributed by atoms with Gasteiger partial charge in [-0.2, -0.15) is 0 Å². The van der Waals surface area contributed by atoms with Crippen LogP contribution in [0.5, 0.6) is 0 Å². The molecule has 0 aliphatic heterocycles. The van der Waals surface area contributed by atoms with Gasteiger partial charge >= 0.3 is 0 Å². The molecular weight excluding hydrogens is 470 g/mol. The number of carbonyl (C=O) groups is 2. The van der Waals surface area contributed by atoms with Crippen LogP contribution in [0.15, 0.2) is 128 Å². The van der Waals surface area contributed by atoms with E-state index >= 15 is 0 Å². The van der Waals surface area contributed by atoms with Crippen molar-refractivity contribution in [3.63, 3.8) is 0 Å². The summed E-state index contributed by atoms with van der Waals surface area (Å²) in [7, 11) is 0. The van der Waals surface area contributed by atoms with Crippen LogP contribution in [0.3, 0.4) is 0 Å². The number of carbonyl (C=O) groups excluding carboxylic acids is 2. The molecule has 6 rings (SSSR count). The second-order valence-electron chi connectivity index (χ2n) is 8.97. The molecule has 2 N–H and O–H groups in total. The van der Waals surface area contributed by atoms with Crippen LogP contribution in [0.25, 0.3) is 32.8 Å². The normalized spacial score (nSPS) is 10.8. The third-order valence-corrected chi connectivity index (χ3v) is 6.53.